The second-order valence-corrected chi connectivity index (χ2v) is 9.51. The Morgan fingerprint density at radius 3 is 2.79 bits per heavy atom. The zero-order valence-corrected chi connectivity index (χ0v) is 17.6. The molecule has 5 aromatic rings. The molecule has 0 aromatic carbocycles. The molecular formula is C20H15N3O2S3. The van der Waals surface area contributed by atoms with Gasteiger partial charge in [0.05, 0.1) is 23.1 Å². The molecule has 0 saturated carbocycles. The fourth-order valence-electron chi connectivity index (χ4n) is 3.08. The lowest BCUT2D eigenvalue weighted by Gasteiger charge is -2.04. The van der Waals surface area contributed by atoms with Crippen molar-refractivity contribution in [1.82, 2.24) is 14.5 Å². The maximum absolute atomic E-state index is 13.2. The molecule has 0 aliphatic rings. The number of fused-ring (bicyclic) bond motifs is 1. The molecule has 0 amide bonds. The van der Waals surface area contributed by atoms with Crippen LogP contribution in [0.15, 0.2) is 50.6 Å². The number of hydrogen-bond acceptors (Lipinski definition) is 7. The van der Waals surface area contributed by atoms with Gasteiger partial charge in [0.1, 0.15) is 16.3 Å². The minimum absolute atomic E-state index is 0.0487. The largest absolute Gasteiger partial charge is 0.440 e. The van der Waals surface area contributed by atoms with Crippen molar-refractivity contribution < 1.29 is 4.42 Å². The first kappa shape index (κ1) is 17.5. The summed E-state index contributed by atoms with van der Waals surface area (Å²) in [7, 11) is 0. The van der Waals surface area contributed by atoms with Gasteiger partial charge in [0.15, 0.2) is 0 Å². The van der Waals surface area contributed by atoms with Crippen LogP contribution in [0.1, 0.15) is 16.3 Å². The molecular weight excluding hydrogens is 410 g/mol. The summed E-state index contributed by atoms with van der Waals surface area (Å²) in [4.78, 5) is 26.4. The summed E-state index contributed by atoms with van der Waals surface area (Å²) in [5.74, 6) is 1.31. The molecule has 0 aliphatic heterocycles. The highest BCUT2D eigenvalue weighted by Crippen LogP contribution is 2.35. The van der Waals surface area contributed by atoms with Gasteiger partial charge in [0.25, 0.3) is 5.56 Å². The molecule has 0 bridgehead atoms. The zero-order chi connectivity index (χ0) is 19.3. The van der Waals surface area contributed by atoms with Gasteiger partial charge in [-0.2, -0.15) is 0 Å². The summed E-state index contributed by atoms with van der Waals surface area (Å²) in [5, 5.41) is 4.68. The van der Waals surface area contributed by atoms with E-state index in [2.05, 4.69) is 29.0 Å². The number of thiophene rings is 3. The Morgan fingerprint density at radius 1 is 1.14 bits per heavy atom. The number of nitrogens with zero attached hydrogens (tertiary/aromatic N) is 3. The summed E-state index contributed by atoms with van der Waals surface area (Å²) >= 11 is 4.77. The fourth-order valence-corrected chi connectivity index (χ4v) is 5.59. The number of rotatable bonds is 4. The summed E-state index contributed by atoms with van der Waals surface area (Å²) in [6, 6.07) is 8.07. The van der Waals surface area contributed by atoms with E-state index in [4.69, 9.17) is 4.42 Å². The Kier molecular flexibility index (Phi) is 4.26. The van der Waals surface area contributed by atoms with Gasteiger partial charge < -0.3 is 4.42 Å². The topological polar surface area (TPSA) is 60.9 Å². The molecule has 28 heavy (non-hydrogen) atoms. The number of oxazole rings is 1. The van der Waals surface area contributed by atoms with Crippen LogP contribution >= 0.6 is 34.0 Å². The fraction of sp³-hybridized carbons (Fsp3) is 0.150. The molecule has 0 aliphatic carbocycles. The van der Waals surface area contributed by atoms with Crippen LogP contribution in [-0.4, -0.2) is 14.5 Å². The first-order chi connectivity index (χ1) is 13.6. The van der Waals surface area contributed by atoms with Crippen LogP contribution in [0.2, 0.25) is 0 Å². The predicted molar refractivity (Wildman–Crippen MR) is 116 cm³/mol. The molecule has 5 heterocycles. The van der Waals surface area contributed by atoms with Crippen molar-refractivity contribution in [3.63, 3.8) is 0 Å². The van der Waals surface area contributed by atoms with Gasteiger partial charge >= 0.3 is 0 Å². The smallest absolute Gasteiger partial charge is 0.263 e. The quantitative estimate of drug-likeness (QED) is 0.378. The third-order valence-corrected chi connectivity index (χ3v) is 7.29. The third kappa shape index (κ3) is 2.94. The van der Waals surface area contributed by atoms with Crippen molar-refractivity contribution in [2.45, 2.75) is 20.4 Å². The van der Waals surface area contributed by atoms with Crippen molar-refractivity contribution >= 4 is 44.2 Å². The Bertz CT molecular complexity index is 1340. The molecule has 140 valence electrons. The van der Waals surface area contributed by atoms with E-state index in [0.717, 1.165) is 31.6 Å². The first-order valence-electron chi connectivity index (χ1n) is 8.64. The third-order valence-electron chi connectivity index (χ3n) is 4.51. The normalized spacial score (nSPS) is 11.5. The van der Waals surface area contributed by atoms with E-state index in [1.54, 1.807) is 33.6 Å². The monoisotopic (exact) mass is 425 g/mol. The minimum atomic E-state index is -0.0487. The minimum Gasteiger partial charge on any atom is -0.440 e. The summed E-state index contributed by atoms with van der Waals surface area (Å²) < 4.78 is 7.42. The van der Waals surface area contributed by atoms with Gasteiger partial charge in [0, 0.05) is 20.7 Å². The van der Waals surface area contributed by atoms with Crippen LogP contribution in [0.3, 0.4) is 0 Å². The van der Waals surface area contributed by atoms with Crippen LogP contribution in [0.25, 0.3) is 31.4 Å². The highest BCUT2D eigenvalue weighted by molar-refractivity contribution is 7.19. The van der Waals surface area contributed by atoms with Crippen LogP contribution < -0.4 is 5.56 Å². The van der Waals surface area contributed by atoms with E-state index in [-0.39, 0.29) is 5.56 Å². The Morgan fingerprint density at radius 2 is 2.04 bits per heavy atom. The summed E-state index contributed by atoms with van der Waals surface area (Å²) in [6.07, 6.45) is 1.60. The van der Waals surface area contributed by atoms with Crippen molar-refractivity contribution in [2.75, 3.05) is 0 Å². The maximum Gasteiger partial charge on any atom is 0.263 e. The average Bonchev–Trinajstić information content (AvgIpc) is 3.45. The van der Waals surface area contributed by atoms with E-state index >= 15 is 0 Å². The number of hydrogen-bond donors (Lipinski definition) is 0. The Labute approximate surface area is 172 Å². The van der Waals surface area contributed by atoms with Gasteiger partial charge in [-0.25, -0.2) is 9.97 Å². The second-order valence-electron chi connectivity index (χ2n) is 6.42. The lowest BCUT2D eigenvalue weighted by molar-refractivity contribution is 0.538. The second kappa shape index (κ2) is 6.80. The van der Waals surface area contributed by atoms with E-state index < -0.39 is 0 Å². The Balaban J connectivity index is 1.57. The molecule has 0 atom stereocenters. The molecule has 8 heteroatoms. The van der Waals surface area contributed by atoms with Crippen LogP contribution in [0.4, 0.5) is 0 Å². The predicted octanol–water partition coefficient (Wildman–Crippen LogP) is 5.57. The van der Waals surface area contributed by atoms with Crippen molar-refractivity contribution in [2.24, 2.45) is 0 Å². The van der Waals surface area contributed by atoms with Gasteiger partial charge in [0.2, 0.25) is 5.89 Å². The molecule has 0 fully saturated rings. The van der Waals surface area contributed by atoms with Gasteiger partial charge in [-0.05, 0) is 37.4 Å². The van der Waals surface area contributed by atoms with Crippen molar-refractivity contribution in [1.29, 1.82) is 0 Å². The first-order valence-corrected chi connectivity index (χ1v) is 11.2. The molecule has 0 saturated heterocycles. The zero-order valence-electron chi connectivity index (χ0n) is 15.1. The molecule has 5 nitrogen and oxygen atoms in total. The van der Waals surface area contributed by atoms with E-state index in [1.165, 1.54) is 16.2 Å². The maximum atomic E-state index is 13.2. The summed E-state index contributed by atoms with van der Waals surface area (Å²) in [6.45, 7) is 4.28. The molecule has 5 aromatic heterocycles. The van der Waals surface area contributed by atoms with Crippen LogP contribution in [0.5, 0.6) is 0 Å². The lowest BCUT2D eigenvalue weighted by atomic mass is 10.2. The molecule has 5 rings (SSSR count). The van der Waals surface area contributed by atoms with Crippen LogP contribution in [0, 0.1) is 13.8 Å². The number of aryl methyl sites for hydroxylation is 2. The van der Waals surface area contributed by atoms with Gasteiger partial charge in [-0.15, -0.1) is 34.0 Å². The van der Waals surface area contributed by atoms with Gasteiger partial charge in [-0.3, -0.25) is 9.36 Å². The average molecular weight is 426 g/mol. The molecule has 0 radical (unpaired) electrons. The SMILES string of the molecule is Cc1ccc(-c2csc3ncn(Cc4nc(-c5cccs5)oc4C)c(=O)c23)s1. The van der Waals surface area contributed by atoms with Gasteiger partial charge in [-0.1, -0.05) is 6.07 Å². The Hall–Kier alpha value is -2.55. The van der Waals surface area contributed by atoms with E-state index in [0.29, 0.717) is 17.8 Å². The number of aromatic nitrogens is 3. The van der Waals surface area contributed by atoms with Crippen LogP contribution in [-0.2, 0) is 6.54 Å². The summed E-state index contributed by atoms with van der Waals surface area (Å²) in [5.41, 5.74) is 1.66. The molecule has 0 unspecified atom stereocenters. The highest BCUT2D eigenvalue weighted by Gasteiger charge is 2.17. The van der Waals surface area contributed by atoms with E-state index in [9.17, 15) is 4.79 Å². The van der Waals surface area contributed by atoms with Crippen molar-refractivity contribution in [3.8, 4) is 21.2 Å². The molecule has 0 spiro atoms. The lowest BCUT2D eigenvalue weighted by Crippen LogP contribution is -2.21. The standard InChI is InChI=1S/C20H15N3O2S3/c1-11-5-6-15(28-11)13-9-27-19-17(13)20(24)23(10-21-19)8-14-12(2)25-18(22-14)16-4-3-7-26-16/h3-7,9-10H,8H2,1-2H3. The van der Waals surface area contributed by atoms with Crippen molar-refractivity contribution in [3.05, 3.63) is 68.0 Å². The van der Waals surface area contributed by atoms with E-state index in [1.807, 2.05) is 29.8 Å². The molecule has 0 N–H and O–H groups in total. The highest BCUT2D eigenvalue weighted by atomic mass is 32.1.